The Morgan fingerprint density at radius 1 is 1.12 bits per heavy atom. The van der Waals surface area contributed by atoms with E-state index < -0.39 is 6.29 Å². The third kappa shape index (κ3) is 5.17. The van der Waals surface area contributed by atoms with Crippen molar-refractivity contribution < 1.29 is 23.0 Å². The summed E-state index contributed by atoms with van der Waals surface area (Å²) in [4.78, 5) is 23.4. The molecule has 1 amide bonds. The van der Waals surface area contributed by atoms with Crippen LogP contribution in [0.3, 0.4) is 0 Å². The zero-order valence-corrected chi connectivity index (χ0v) is 18.3. The maximum atomic E-state index is 13.1. The number of alkyl halides is 2. The molecule has 8 nitrogen and oxygen atoms in total. The van der Waals surface area contributed by atoms with Gasteiger partial charge in [0.25, 0.3) is 5.91 Å². The summed E-state index contributed by atoms with van der Waals surface area (Å²) in [6.07, 6.45) is 0.124. The Labute approximate surface area is 185 Å². The number of carbonyl (C=O) groups excluding carboxylic acids is 1. The molecule has 2 aliphatic rings. The van der Waals surface area contributed by atoms with Crippen LogP contribution >= 0.6 is 0 Å². The molecule has 1 aromatic heterocycles. The molecule has 0 saturated heterocycles. The summed E-state index contributed by atoms with van der Waals surface area (Å²) in [5.74, 6) is 1.32. The smallest absolute Gasteiger partial charge is 0.395 e. The number of rotatable bonds is 6. The molecule has 10 heteroatoms. The fourth-order valence-electron chi connectivity index (χ4n) is 3.97. The largest absolute Gasteiger partial charge is 0.586 e. The van der Waals surface area contributed by atoms with Crippen molar-refractivity contribution in [2.24, 2.45) is 5.92 Å². The van der Waals surface area contributed by atoms with E-state index in [9.17, 15) is 13.6 Å². The minimum absolute atomic E-state index is 0.0762. The van der Waals surface area contributed by atoms with Gasteiger partial charge in [-0.1, -0.05) is 0 Å². The number of amides is 1. The number of benzene rings is 1. The van der Waals surface area contributed by atoms with E-state index in [1.54, 1.807) is 0 Å². The zero-order valence-electron chi connectivity index (χ0n) is 18.3. The second-order valence-electron chi connectivity index (χ2n) is 8.49. The normalized spacial score (nSPS) is 21.2. The molecule has 4 rings (SSSR count). The lowest BCUT2D eigenvalue weighted by Gasteiger charge is -2.29. The summed E-state index contributed by atoms with van der Waals surface area (Å²) in [6.45, 7) is 2.48. The van der Waals surface area contributed by atoms with E-state index in [1.165, 1.54) is 18.2 Å². The van der Waals surface area contributed by atoms with Crippen molar-refractivity contribution in [1.82, 2.24) is 15.3 Å². The number of hydrogen-bond acceptors (Lipinski definition) is 7. The Bertz CT molecular complexity index is 994. The Kier molecular flexibility index (Phi) is 6.03. The van der Waals surface area contributed by atoms with Crippen molar-refractivity contribution in [1.29, 1.82) is 0 Å². The Morgan fingerprint density at radius 2 is 1.84 bits per heavy atom. The molecule has 32 heavy (non-hydrogen) atoms. The summed E-state index contributed by atoms with van der Waals surface area (Å²) in [5.41, 5.74) is 1.17. The van der Waals surface area contributed by atoms with Gasteiger partial charge in [0, 0.05) is 44.0 Å². The van der Waals surface area contributed by atoms with Gasteiger partial charge >= 0.3 is 6.29 Å². The molecule has 2 heterocycles. The van der Waals surface area contributed by atoms with Gasteiger partial charge in [0.05, 0.1) is 0 Å². The third-order valence-corrected chi connectivity index (χ3v) is 5.69. The van der Waals surface area contributed by atoms with Crippen molar-refractivity contribution in [2.45, 2.75) is 44.9 Å². The fourth-order valence-corrected chi connectivity index (χ4v) is 3.97. The molecule has 1 aromatic carbocycles. The minimum atomic E-state index is -3.69. The first-order valence-electron chi connectivity index (χ1n) is 10.7. The number of carbonyl (C=O) groups is 1. The van der Waals surface area contributed by atoms with E-state index >= 15 is 0 Å². The summed E-state index contributed by atoms with van der Waals surface area (Å²) < 4.78 is 35.1. The Balaban J connectivity index is 1.25. The highest BCUT2D eigenvalue weighted by molar-refractivity contribution is 5.94. The molecule has 2 N–H and O–H groups in total. The third-order valence-electron chi connectivity index (χ3n) is 5.69. The Morgan fingerprint density at radius 3 is 2.56 bits per heavy atom. The number of hydrogen-bond donors (Lipinski definition) is 2. The van der Waals surface area contributed by atoms with Crippen LogP contribution in [0.5, 0.6) is 11.5 Å². The predicted octanol–water partition coefficient (Wildman–Crippen LogP) is 3.57. The van der Waals surface area contributed by atoms with Crippen molar-refractivity contribution in [3.63, 3.8) is 0 Å². The molecular formula is C22H27F2N5O3. The number of nitrogens with one attached hydrogen (secondary N) is 2. The van der Waals surface area contributed by atoms with Crippen molar-refractivity contribution in [3.05, 3.63) is 35.5 Å². The molecule has 1 saturated carbocycles. The Hall–Kier alpha value is -3.17. The maximum absolute atomic E-state index is 13.1. The quantitative estimate of drug-likeness (QED) is 0.700. The van der Waals surface area contributed by atoms with Gasteiger partial charge in [-0.2, -0.15) is 4.98 Å². The molecule has 2 aromatic rings. The van der Waals surface area contributed by atoms with Crippen LogP contribution in [0.2, 0.25) is 0 Å². The van der Waals surface area contributed by atoms with Gasteiger partial charge in [-0.05, 0) is 56.7 Å². The SMILES string of the molecule is Cc1cc(N(C)C)nc(N[C@H]2CC[C@@H](CNC(=O)c3ccc4c(c3)OC(F)(F)O4)CC2)n1. The molecule has 0 spiro atoms. The maximum Gasteiger partial charge on any atom is 0.586 e. The first-order chi connectivity index (χ1) is 15.2. The molecule has 1 aliphatic carbocycles. The lowest BCUT2D eigenvalue weighted by Crippen LogP contribution is -2.34. The molecule has 1 fully saturated rings. The molecule has 0 unspecified atom stereocenters. The lowest BCUT2D eigenvalue weighted by atomic mass is 9.86. The van der Waals surface area contributed by atoms with Gasteiger partial charge in [-0.15, -0.1) is 8.78 Å². The lowest BCUT2D eigenvalue weighted by molar-refractivity contribution is -0.286. The van der Waals surface area contributed by atoms with E-state index in [2.05, 4.69) is 30.1 Å². The summed E-state index contributed by atoms with van der Waals surface area (Å²) in [5, 5.41) is 6.33. The van der Waals surface area contributed by atoms with Crippen LogP contribution < -0.4 is 25.0 Å². The fraction of sp³-hybridized carbons (Fsp3) is 0.500. The van der Waals surface area contributed by atoms with Crippen molar-refractivity contribution in [2.75, 3.05) is 30.9 Å². The van der Waals surface area contributed by atoms with Crippen molar-refractivity contribution >= 4 is 17.7 Å². The van der Waals surface area contributed by atoms with Gasteiger partial charge in [0.2, 0.25) is 5.95 Å². The number of nitrogens with zero attached hydrogens (tertiary/aromatic N) is 3. The van der Waals surface area contributed by atoms with Crippen LogP contribution in [0.15, 0.2) is 24.3 Å². The van der Waals surface area contributed by atoms with E-state index in [0.29, 0.717) is 18.4 Å². The average Bonchev–Trinajstić information content (AvgIpc) is 3.05. The van der Waals surface area contributed by atoms with Gasteiger partial charge in [0.1, 0.15) is 5.82 Å². The molecule has 0 atom stereocenters. The molecule has 172 valence electrons. The van der Waals surface area contributed by atoms with Gasteiger partial charge < -0.3 is 25.0 Å². The number of aromatic nitrogens is 2. The molecular weight excluding hydrogens is 420 g/mol. The van der Waals surface area contributed by atoms with Crippen LogP contribution in [0.25, 0.3) is 0 Å². The van der Waals surface area contributed by atoms with E-state index in [0.717, 1.165) is 37.2 Å². The summed E-state index contributed by atoms with van der Waals surface area (Å²) in [7, 11) is 3.90. The van der Waals surface area contributed by atoms with Crippen molar-refractivity contribution in [3.8, 4) is 11.5 Å². The first-order valence-corrected chi connectivity index (χ1v) is 10.7. The molecule has 1 aliphatic heterocycles. The van der Waals surface area contributed by atoms with Crippen LogP contribution in [0.4, 0.5) is 20.5 Å². The number of ether oxygens (including phenoxy) is 2. The zero-order chi connectivity index (χ0) is 22.9. The molecule has 0 bridgehead atoms. The summed E-state index contributed by atoms with van der Waals surface area (Å²) >= 11 is 0. The van der Waals surface area contributed by atoms with Crippen LogP contribution in [-0.2, 0) is 0 Å². The summed E-state index contributed by atoms with van der Waals surface area (Å²) in [6, 6.07) is 6.27. The highest BCUT2D eigenvalue weighted by Crippen LogP contribution is 2.41. The minimum Gasteiger partial charge on any atom is -0.395 e. The van der Waals surface area contributed by atoms with E-state index in [4.69, 9.17) is 0 Å². The van der Waals surface area contributed by atoms with Gasteiger partial charge in [0.15, 0.2) is 11.5 Å². The second-order valence-corrected chi connectivity index (χ2v) is 8.49. The van der Waals surface area contributed by atoms with Crippen LogP contribution in [0, 0.1) is 12.8 Å². The topological polar surface area (TPSA) is 88.6 Å². The van der Waals surface area contributed by atoms with E-state index in [-0.39, 0.29) is 29.0 Å². The number of anilines is 2. The van der Waals surface area contributed by atoms with Crippen LogP contribution in [-0.4, -0.2) is 48.9 Å². The highest BCUT2D eigenvalue weighted by atomic mass is 19.3. The highest BCUT2D eigenvalue weighted by Gasteiger charge is 2.43. The number of fused-ring (bicyclic) bond motifs is 1. The van der Waals surface area contributed by atoms with Gasteiger partial charge in [-0.3, -0.25) is 4.79 Å². The standard InChI is InChI=1S/C22H27F2N5O3/c1-13-10-19(29(2)3)28-21(26-13)27-16-7-4-14(5-8-16)12-25-20(30)15-6-9-17-18(11-15)32-22(23,24)31-17/h6,9-11,14,16H,4-5,7-8,12H2,1-3H3,(H,25,30)(H,26,27,28)/t14-,16+. The van der Waals surface area contributed by atoms with Gasteiger partial charge in [-0.25, -0.2) is 4.98 Å². The number of halogens is 2. The first kappa shape index (κ1) is 22.0. The monoisotopic (exact) mass is 447 g/mol. The van der Waals surface area contributed by atoms with E-state index in [1.807, 2.05) is 32.0 Å². The number of aryl methyl sites for hydroxylation is 1. The van der Waals surface area contributed by atoms with Crippen LogP contribution in [0.1, 0.15) is 41.7 Å². The second kappa shape index (κ2) is 8.76. The predicted molar refractivity (Wildman–Crippen MR) is 115 cm³/mol. The molecule has 0 radical (unpaired) electrons. The average molecular weight is 447 g/mol.